The summed E-state index contributed by atoms with van der Waals surface area (Å²) in [5.74, 6) is 0. The number of aromatic amines is 1. The average molecular weight is 332 g/mol. The van der Waals surface area contributed by atoms with Crippen molar-refractivity contribution < 1.29 is 19.4 Å². The van der Waals surface area contributed by atoms with E-state index in [2.05, 4.69) is 30.1 Å². The van der Waals surface area contributed by atoms with E-state index in [1.54, 1.807) is 0 Å². The Kier molecular flexibility index (Phi) is 5.17. The van der Waals surface area contributed by atoms with E-state index in [0.29, 0.717) is 6.54 Å². The van der Waals surface area contributed by atoms with Gasteiger partial charge < -0.3 is 14.8 Å². The fourth-order valence-electron chi connectivity index (χ4n) is 2.92. The number of nitrogens with zero attached hydrogens (tertiary/aromatic N) is 1. The standard InChI is InChI=1S/C17H22N2O2.CH2O2/c1-11-9-13-12-7-5-6-8-14(12)18-15(13)10-19(11)16(20)21-17(2,3)4;2-1-3/h5-8,11,18H,9-10H2,1-4H3;1H,(H,2,3). The molecule has 3 rings (SSSR count). The SMILES string of the molecule is CC1Cc2c([nH]c3ccccc23)CN1C(=O)OC(C)(C)C.O=CO. The number of rotatable bonds is 0. The van der Waals surface area contributed by atoms with Gasteiger partial charge in [0.05, 0.1) is 6.54 Å². The first-order valence-electron chi connectivity index (χ1n) is 7.92. The van der Waals surface area contributed by atoms with Crippen molar-refractivity contribution in [3.8, 4) is 0 Å². The number of carbonyl (C=O) groups excluding carboxylic acids is 1. The topological polar surface area (TPSA) is 82.6 Å². The molecule has 130 valence electrons. The highest BCUT2D eigenvalue weighted by Crippen LogP contribution is 2.30. The van der Waals surface area contributed by atoms with E-state index in [1.807, 2.05) is 31.7 Å². The van der Waals surface area contributed by atoms with Crippen molar-refractivity contribution in [2.75, 3.05) is 0 Å². The lowest BCUT2D eigenvalue weighted by Gasteiger charge is -2.34. The largest absolute Gasteiger partial charge is 0.483 e. The zero-order valence-corrected chi connectivity index (χ0v) is 14.5. The number of carbonyl (C=O) groups is 2. The quantitative estimate of drug-likeness (QED) is 0.723. The van der Waals surface area contributed by atoms with Crippen LogP contribution >= 0.6 is 0 Å². The van der Waals surface area contributed by atoms with E-state index in [-0.39, 0.29) is 18.6 Å². The van der Waals surface area contributed by atoms with Gasteiger partial charge in [-0.15, -0.1) is 0 Å². The first-order valence-corrected chi connectivity index (χ1v) is 7.92. The fourth-order valence-corrected chi connectivity index (χ4v) is 2.92. The first kappa shape index (κ1) is 17.8. The van der Waals surface area contributed by atoms with E-state index in [1.165, 1.54) is 10.9 Å². The Balaban J connectivity index is 0.000000647. The summed E-state index contributed by atoms with van der Waals surface area (Å²) in [4.78, 5) is 25.9. The summed E-state index contributed by atoms with van der Waals surface area (Å²) in [6.07, 6.45) is 0.623. The third-order valence-electron chi connectivity index (χ3n) is 3.89. The van der Waals surface area contributed by atoms with Crippen LogP contribution in [0.15, 0.2) is 24.3 Å². The van der Waals surface area contributed by atoms with E-state index >= 15 is 0 Å². The number of amides is 1. The van der Waals surface area contributed by atoms with Crippen molar-refractivity contribution in [1.82, 2.24) is 9.88 Å². The third kappa shape index (κ3) is 3.88. The summed E-state index contributed by atoms with van der Waals surface area (Å²) >= 11 is 0. The predicted octanol–water partition coefficient (Wildman–Crippen LogP) is 3.55. The van der Waals surface area contributed by atoms with Crippen LogP contribution < -0.4 is 0 Å². The van der Waals surface area contributed by atoms with Crippen LogP contribution in [0.25, 0.3) is 10.9 Å². The fraction of sp³-hybridized carbons (Fsp3) is 0.444. The Labute approximate surface area is 141 Å². The molecule has 1 atom stereocenters. The van der Waals surface area contributed by atoms with Crippen LogP contribution in [-0.2, 0) is 22.5 Å². The number of H-pyrrole nitrogens is 1. The van der Waals surface area contributed by atoms with Crippen molar-refractivity contribution in [1.29, 1.82) is 0 Å². The molecule has 1 aromatic heterocycles. The summed E-state index contributed by atoms with van der Waals surface area (Å²) in [6.45, 7) is 8.10. The Morgan fingerprint density at radius 3 is 2.62 bits per heavy atom. The van der Waals surface area contributed by atoms with Gasteiger partial charge in [0.15, 0.2) is 0 Å². The molecule has 0 saturated carbocycles. The van der Waals surface area contributed by atoms with Gasteiger partial charge in [0, 0.05) is 22.6 Å². The van der Waals surface area contributed by atoms with Gasteiger partial charge in [-0.2, -0.15) is 0 Å². The molecular weight excluding hydrogens is 308 g/mol. The van der Waals surface area contributed by atoms with Gasteiger partial charge in [0.2, 0.25) is 0 Å². The maximum absolute atomic E-state index is 12.3. The number of carboxylic acid groups (broad SMARTS) is 1. The molecule has 1 aliphatic heterocycles. The summed E-state index contributed by atoms with van der Waals surface area (Å²) in [5, 5.41) is 8.16. The molecule has 1 amide bonds. The Bertz CT molecular complexity index is 730. The average Bonchev–Trinajstić information content (AvgIpc) is 2.83. The summed E-state index contributed by atoms with van der Waals surface area (Å²) in [5.41, 5.74) is 3.14. The van der Waals surface area contributed by atoms with Gasteiger partial charge in [0.1, 0.15) is 5.60 Å². The molecule has 1 aliphatic rings. The molecule has 2 N–H and O–H groups in total. The van der Waals surface area contributed by atoms with Crippen molar-refractivity contribution in [2.45, 2.75) is 52.3 Å². The monoisotopic (exact) mass is 332 g/mol. The second-order valence-corrected chi connectivity index (χ2v) is 6.89. The number of fused-ring (bicyclic) bond motifs is 3. The van der Waals surface area contributed by atoms with Gasteiger partial charge in [-0.25, -0.2) is 4.79 Å². The molecule has 0 fully saturated rings. The van der Waals surface area contributed by atoms with Crippen LogP contribution in [0.4, 0.5) is 4.79 Å². The van der Waals surface area contributed by atoms with Crippen molar-refractivity contribution in [3.05, 3.63) is 35.5 Å². The van der Waals surface area contributed by atoms with Gasteiger partial charge in [-0.3, -0.25) is 9.69 Å². The lowest BCUT2D eigenvalue weighted by atomic mass is 9.98. The summed E-state index contributed by atoms with van der Waals surface area (Å²) in [7, 11) is 0. The van der Waals surface area contributed by atoms with Gasteiger partial charge in [-0.1, -0.05) is 18.2 Å². The minimum absolute atomic E-state index is 0.145. The molecule has 0 radical (unpaired) electrons. The third-order valence-corrected chi connectivity index (χ3v) is 3.89. The number of hydrogen-bond donors (Lipinski definition) is 2. The molecule has 0 spiro atoms. The highest BCUT2D eigenvalue weighted by Gasteiger charge is 2.32. The van der Waals surface area contributed by atoms with Crippen LogP contribution in [-0.4, -0.2) is 39.2 Å². The van der Waals surface area contributed by atoms with Gasteiger partial charge in [0.25, 0.3) is 6.47 Å². The Morgan fingerprint density at radius 2 is 2.00 bits per heavy atom. The molecule has 24 heavy (non-hydrogen) atoms. The highest BCUT2D eigenvalue weighted by atomic mass is 16.6. The Morgan fingerprint density at radius 1 is 1.38 bits per heavy atom. The zero-order chi connectivity index (χ0) is 17.9. The normalized spacial score (nSPS) is 16.8. The predicted molar refractivity (Wildman–Crippen MR) is 91.9 cm³/mol. The number of para-hydroxylation sites is 1. The Hall–Kier alpha value is -2.50. The lowest BCUT2D eigenvalue weighted by Crippen LogP contribution is -2.45. The number of aromatic nitrogens is 1. The summed E-state index contributed by atoms with van der Waals surface area (Å²) < 4.78 is 5.51. The molecule has 1 aromatic carbocycles. The zero-order valence-electron chi connectivity index (χ0n) is 14.5. The number of nitrogens with one attached hydrogen (secondary N) is 1. The number of ether oxygens (including phenoxy) is 1. The van der Waals surface area contributed by atoms with E-state index in [0.717, 1.165) is 17.6 Å². The van der Waals surface area contributed by atoms with Crippen LogP contribution in [0.5, 0.6) is 0 Å². The smallest absolute Gasteiger partial charge is 0.410 e. The molecule has 6 heteroatoms. The lowest BCUT2D eigenvalue weighted by molar-refractivity contribution is -0.122. The van der Waals surface area contributed by atoms with Crippen molar-refractivity contribution in [2.24, 2.45) is 0 Å². The maximum Gasteiger partial charge on any atom is 0.410 e. The molecule has 0 bridgehead atoms. The van der Waals surface area contributed by atoms with Crippen LogP contribution in [0.3, 0.4) is 0 Å². The minimum atomic E-state index is -0.461. The minimum Gasteiger partial charge on any atom is -0.483 e. The van der Waals surface area contributed by atoms with Crippen LogP contribution in [0.1, 0.15) is 39.0 Å². The number of hydrogen-bond acceptors (Lipinski definition) is 3. The first-order chi connectivity index (χ1) is 11.3. The highest BCUT2D eigenvalue weighted by molar-refractivity contribution is 5.85. The van der Waals surface area contributed by atoms with Crippen molar-refractivity contribution in [3.63, 3.8) is 0 Å². The van der Waals surface area contributed by atoms with Gasteiger partial charge in [-0.05, 0) is 45.7 Å². The van der Waals surface area contributed by atoms with E-state index in [9.17, 15) is 4.79 Å². The maximum atomic E-state index is 12.3. The second-order valence-electron chi connectivity index (χ2n) is 6.89. The van der Waals surface area contributed by atoms with Crippen LogP contribution in [0, 0.1) is 0 Å². The van der Waals surface area contributed by atoms with Gasteiger partial charge >= 0.3 is 6.09 Å². The van der Waals surface area contributed by atoms with Crippen LogP contribution in [0.2, 0.25) is 0 Å². The molecule has 0 aliphatic carbocycles. The van der Waals surface area contributed by atoms with E-state index < -0.39 is 5.60 Å². The van der Waals surface area contributed by atoms with Crippen molar-refractivity contribution >= 4 is 23.5 Å². The molecule has 2 aromatic rings. The summed E-state index contributed by atoms with van der Waals surface area (Å²) in [6, 6.07) is 8.45. The molecule has 6 nitrogen and oxygen atoms in total. The second kappa shape index (κ2) is 6.95. The molecule has 1 unspecified atom stereocenters. The molecule has 0 saturated heterocycles. The molecular formula is C18H24N2O4. The number of benzene rings is 1. The molecule has 2 heterocycles. The van der Waals surface area contributed by atoms with E-state index in [4.69, 9.17) is 14.6 Å².